The fraction of sp³-hybridized carbons (Fsp3) is 0.556. The van der Waals surface area contributed by atoms with E-state index in [4.69, 9.17) is 0 Å². The zero-order valence-electron chi connectivity index (χ0n) is 7.57. The minimum atomic E-state index is 0.00889. The fourth-order valence-corrected chi connectivity index (χ4v) is 1.69. The highest BCUT2D eigenvalue weighted by Crippen LogP contribution is 2.08. The summed E-state index contributed by atoms with van der Waals surface area (Å²) in [7, 11) is 0. The molecule has 0 spiro atoms. The summed E-state index contributed by atoms with van der Waals surface area (Å²) in [6.45, 7) is 4.93. The lowest BCUT2D eigenvalue weighted by Gasteiger charge is -2.09. The fourth-order valence-electron chi connectivity index (χ4n) is 1.69. The van der Waals surface area contributed by atoms with E-state index >= 15 is 0 Å². The van der Waals surface area contributed by atoms with Crippen LogP contribution in [0.2, 0.25) is 0 Å². The first kappa shape index (κ1) is 8.29. The largest absolute Gasteiger partial charge is 0.346 e. The molecule has 70 valence electrons. The van der Waals surface area contributed by atoms with Crippen molar-refractivity contribution in [2.75, 3.05) is 0 Å². The third-order valence-corrected chi connectivity index (χ3v) is 2.33. The highest BCUT2D eigenvalue weighted by molar-refractivity contribution is 4.92. The molecule has 13 heavy (non-hydrogen) atoms. The molecule has 2 rings (SSSR count). The number of nitrogens with zero attached hydrogens (tertiary/aromatic N) is 3. The van der Waals surface area contributed by atoms with Crippen LogP contribution in [0, 0.1) is 0 Å². The lowest BCUT2D eigenvalue weighted by atomic mass is 10.2. The molecule has 0 radical (unpaired) electrons. The maximum absolute atomic E-state index is 11.6. The van der Waals surface area contributed by atoms with Gasteiger partial charge in [-0.1, -0.05) is 6.08 Å². The van der Waals surface area contributed by atoms with Crippen molar-refractivity contribution in [1.82, 2.24) is 14.3 Å². The second-order valence-corrected chi connectivity index (χ2v) is 3.28. The zero-order chi connectivity index (χ0) is 9.26. The lowest BCUT2D eigenvalue weighted by Crippen LogP contribution is -2.26. The van der Waals surface area contributed by atoms with Gasteiger partial charge in [-0.3, -0.25) is 4.57 Å². The Balaban J connectivity index is 2.44. The Morgan fingerprint density at radius 2 is 2.38 bits per heavy atom. The summed E-state index contributed by atoms with van der Waals surface area (Å²) in [5, 5.41) is 4.24. The van der Waals surface area contributed by atoms with Crippen LogP contribution in [0.5, 0.6) is 0 Å². The Morgan fingerprint density at radius 3 is 3.08 bits per heavy atom. The first-order valence-corrected chi connectivity index (χ1v) is 4.60. The second-order valence-electron chi connectivity index (χ2n) is 3.28. The second kappa shape index (κ2) is 3.20. The van der Waals surface area contributed by atoms with Gasteiger partial charge < -0.3 is 0 Å². The topological polar surface area (TPSA) is 39.8 Å². The van der Waals surface area contributed by atoms with E-state index < -0.39 is 0 Å². The monoisotopic (exact) mass is 179 g/mol. The van der Waals surface area contributed by atoms with Crippen LogP contribution >= 0.6 is 0 Å². The van der Waals surface area contributed by atoms with Crippen molar-refractivity contribution in [3.63, 3.8) is 0 Å². The molecule has 1 aliphatic heterocycles. The SMILES string of the molecule is C=CCn1nc2n(c1=O)CCCC2. The van der Waals surface area contributed by atoms with Crippen LogP contribution < -0.4 is 5.69 Å². The van der Waals surface area contributed by atoms with Crippen LogP contribution in [0.15, 0.2) is 17.4 Å². The molecule has 0 saturated heterocycles. The van der Waals surface area contributed by atoms with Crippen LogP contribution in [-0.2, 0) is 19.5 Å². The highest BCUT2D eigenvalue weighted by Gasteiger charge is 2.15. The van der Waals surface area contributed by atoms with Gasteiger partial charge in [0.15, 0.2) is 0 Å². The summed E-state index contributed by atoms with van der Waals surface area (Å²) in [4.78, 5) is 11.6. The quantitative estimate of drug-likeness (QED) is 0.622. The smallest absolute Gasteiger partial charge is 0.279 e. The molecule has 4 heteroatoms. The van der Waals surface area contributed by atoms with Gasteiger partial charge >= 0.3 is 5.69 Å². The molecule has 0 atom stereocenters. The van der Waals surface area contributed by atoms with Crippen molar-refractivity contribution in [3.05, 3.63) is 29.0 Å². The number of allylic oxidation sites excluding steroid dienone is 1. The van der Waals surface area contributed by atoms with Crippen molar-refractivity contribution in [3.8, 4) is 0 Å². The summed E-state index contributed by atoms with van der Waals surface area (Å²) in [5.41, 5.74) is 0.00889. The summed E-state index contributed by atoms with van der Waals surface area (Å²) in [6, 6.07) is 0. The van der Waals surface area contributed by atoms with E-state index in [1.165, 1.54) is 4.68 Å². The predicted molar refractivity (Wildman–Crippen MR) is 49.6 cm³/mol. The zero-order valence-corrected chi connectivity index (χ0v) is 7.57. The Morgan fingerprint density at radius 1 is 1.54 bits per heavy atom. The molecule has 0 saturated carbocycles. The number of fused-ring (bicyclic) bond motifs is 1. The van der Waals surface area contributed by atoms with E-state index in [9.17, 15) is 4.79 Å². The molecule has 0 fully saturated rings. The van der Waals surface area contributed by atoms with Crippen molar-refractivity contribution in [2.45, 2.75) is 32.4 Å². The van der Waals surface area contributed by atoms with E-state index in [-0.39, 0.29) is 5.69 Å². The number of aryl methyl sites for hydroxylation is 1. The summed E-state index contributed by atoms with van der Waals surface area (Å²) in [6.07, 6.45) is 4.86. The minimum Gasteiger partial charge on any atom is -0.279 e. The average Bonchev–Trinajstić information content (AvgIpc) is 2.46. The van der Waals surface area contributed by atoms with E-state index in [0.29, 0.717) is 6.54 Å². The molecule has 1 aromatic heterocycles. The van der Waals surface area contributed by atoms with E-state index in [2.05, 4.69) is 11.7 Å². The Hall–Kier alpha value is -1.32. The maximum atomic E-state index is 11.6. The molecular weight excluding hydrogens is 166 g/mol. The van der Waals surface area contributed by atoms with Crippen LogP contribution in [0.25, 0.3) is 0 Å². The molecule has 2 heterocycles. The summed E-state index contributed by atoms with van der Waals surface area (Å²) < 4.78 is 3.25. The van der Waals surface area contributed by atoms with Crippen LogP contribution in [-0.4, -0.2) is 14.3 Å². The Labute approximate surface area is 76.5 Å². The van der Waals surface area contributed by atoms with Crippen LogP contribution in [0.3, 0.4) is 0 Å². The van der Waals surface area contributed by atoms with Crippen LogP contribution in [0.4, 0.5) is 0 Å². The lowest BCUT2D eigenvalue weighted by molar-refractivity contribution is 0.511. The molecule has 0 amide bonds. The van der Waals surface area contributed by atoms with Gasteiger partial charge in [0.05, 0.1) is 6.54 Å². The number of hydrogen-bond donors (Lipinski definition) is 0. The van der Waals surface area contributed by atoms with E-state index in [1.807, 2.05) is 0 Å². The first-order valence-electron chi connectivity index (χ1n) is 4.60. The van der Waals surface area contributed by atoms with Crippen molar-refractivity contribution >= 4 is 0 Å². The summed E-state index contributed by atoms with van der Waals surface area (Å²) in [5.74, 6) is 0.929. The minimum absolute atomic E-state index is 0.00889. The molecular formula is C9H13N3O. The number of aromatic nitrogens is 3. The maximum Gasteiger partial charge on any atom is 0.346 e. The molecule has 0 N–H and O–H groups in total. The Bertz CT molecular complexity index is 375. The molecule has 1 aliphatic rings. The van der Waals surface area contributed by atoms with Crippen molar-refractivity contribution in [2.24, 2.45) is 0 Å². The highest BCUT2D eigenvalue weighted by atomic mass is 16.2. The average molecular weight is 179 g/mol. The van der Waals surface area contributed by atoms with Gasteiger partial charge in [-0.25, -0.2) is 9.48 Å². The first-order chi connectivity index (χ1) is 6.33. The molecule has 0 bridgehead atoms. The number of hydrogen-bond acceptors (Lipinski definition) is 2. The van der Waals surface area contributed by atoms with Crippen molar-refractivity contribution in [1.29, 1.82) is 0 Å². The van der Waals surface area contributed by atoms with E-state index in [0.717, 1.165) is 31.6 Å². The van der Waals surface area contributed by atoms with Gasteiger partial charge in [-0.05, 0) is 12.8 Å². The van der Waals surface area contributed by atoms with Crippen molar-refractivity contribution < 1.29 is 0 Å². The van der Waals surface area contributed by atoms with Gasteiger partial charge in [0.2, 0.25) is 0 Å². The third kappa shape index (κ3) is 1.32. The third-order valence-electron chi connectivity index (χ3n) is 2.33. The predicted octanol–water partition coefficient (Wildman–Crippen LogP) is 0.567. The normalized spacial score (nSPS) is 15.4. The van der Waals surface area contributed by atoms with Gasteiger partial charge in [0.25, 0.3) is 0 Å². The molecule has 0 unspecified atom stereocenters. The molecule has 0 aromatic carbocycles. The van der Waals surface area contributed by atoms with Crippen LogP contribution in [0.1, 0.15) is 18.7 Å². The van der Waals surface area contributed by atoms with Gasteiger partial charge in [-0.2, -0.15) is 5.10 Å². The van der Waals surface area contributed by atoms with E-state index in [1.54, 1.807) is 10.6 Å². The van der Waals surface area contributed by atoms with Gasteiger partial charge in [-0.15, -0.1) is 6.58 Å². The standard InChI is InChI=1S/C9H13N3O/c1-2-6-12-9(13)11-7-4-3-5-8(11)10-12/h2H,1,3-7H2. The van der Waals surface area contributed by atoms with Gasteiger partial charge in [0.1, 0.15) is 5.82 Å². The summed E-state index contributed by atoms with van der Waals surface area (Å²) >= 11 is 0. The Kier molecular flexibility index (Phi) is 2.04. The molecule has 0 aliphatic carbocycles. The molecule has 1 aromatic rings. The number of rotatable bonds is 2. The molecule has 4 nitrogen and oxygen atoms in total. The van der Waals surface area contributed by atoms with Gasteiger partial charge in [0, 0.05) is 13.0 Å².